The van der Waals surface area contributed by atoms with Crippen LogP contribution in [0, 0.1) is 0 Å². The number of ether oxygens (including phenoxy) is 1. The number of amides is 2. The minimum Gasteiger partial charge on any atom is -0.448 e. The van der Waals surface area contributed by atoms with Crippen molar-refractivity contribution in [3.05, 3.63) is 24.7 Å². The van der Waals surface area contributed by atoms with Crippen LogP contribution in [0.3, 0.4) is 0 Å². The molecule has 0 saturated carbocycles. The Kier molecular flexibility index (Phi) is 9.18. The van der Waals surface area contributed by atoms with Gasteiger partial charge in [-0.1, -0.05) is 0 Å². The summed E-state index contributed by atoms with van der Waals surface area (Å²) in [6.45, 7) is 1.44. The van der Waals surface area contributed by atoms with Crippen LogP contribution >= 0.6 is 0 Å². The second kappa shape index (κ2) is 10.3. The van der Waals surface area contributed by atoms with Crippen molar-refractivity contribution in [1.82, 2.24) is 19.7 Å². The van der Waals surface area contributed by atoms with E-state index in [1.165, 1.54) is 37.3 Å². The Morgan fingerprint density at radius 2 is 1.62 bits per heavy atom. The molecular formula is C15H27N5O4. The maximum Gasteiger partial charge on any atom is 0.397 e. The van der Waals surface area contributed by atoms with Crippen molar-refractivity contribution < 1.29 is 19.1 Å². The van der Waals surface area contributed by atoms with E-state index in [0.717, 1.165) is 4.90 Å². The molecule has 2 amide bonds. The topological polar surface area (TPSA) is 99.4 Å². The second-order valence-electron chi connectivity index (χ2n) is 5.49. The van der Waals surface area contributed by atoms with Gasteiger partial charge in [0.05, 0.1) is 0 Å². The predicted molar refractivity (Wildman–Crippen MR) is 89.9 cm³/mol. The molecule has 136 valence electrons. The van der Waals surface area contributed by atoms with E-state index in [9.17, 15) is 14.4 Å². The van der Waals surface area contributed by atoms with Gasteiger partial charge >= 0.3 is 11.9 Å². The van der Waals surface area contributed by atoms with Gasteiger partial charge < -0.3 is 24.4 Å². The van der Waals surface area contributed by atoms with Crippen LogP contribution < -0.4 is 5.84 Å². The maximum atomic E-state index is 11.8. The molecule has 9 nitrogen and oxygen atoms in total. The molecule has 0 aromatic carbocycles. The summed E-state index contributed by atoms with van der Waals surface area (Å²) in [5.41, 5.74) is 0. The first-order valence-electron chi connectivity index (χ1n) is 7.26. The first-order chi connectivity index (χ1) is 11.1. The number of carbonyl (C=O) groups excluding carboxylic acids is 3. The molecule has 0 aliphatic rings. The van der Waals surface area contributed by atoms with Crippen molar-refractivity contribution >= 4 is 17.8 Å². The number of hydrazine groups is 1. The van der Waals surface area contributed by atoms with E-state index in [1.807, 2.05) is 18.9 Å². The summed E-state index contributed by atoms with van der Waals surface area (Å²) >= 11 is 0. The minimum absolute atomic E-state index is 0.0391. The lowest BCUT2D eigenvalue weighted by atomic mass is 10.3. The molecule has 0 aromatic rings. The summed E-state index contributed by atoms with van der Waals surface area (Å²) in [5, 5.41) is 1.41. The molecule has 1 atom stereocenters. The van der Waals surface area contributed by atoms with Crippen LogP contribution in [0.4, 0.5) is 0 Å². The average Bonchev–Trinajstić information content (AvgIpc) is 2.53. The number of hydrogen-bond acceptors (Lipinski definition) is 7. The normalized spacial score (nSPS) is 12.1. The number of nitrogens with two attached hydrogens (primary N) is 1. The van der Waals surface area contributed by atoms with Crippen molar-refractivity contribution in [3.8, 4) is 0 Å². The summed E-state index contributed by atoms with van der Waals surface area (Å²) in [7, 11) is 8.04. The predicted octanol–water partition coefficient (Wildman–Crippen LogP) is -0.813. The quantitative estimate of drug-likeness (QED) is 0.280. The first-order valence-corrected chi connectivity index (χ1v) is 7.26. The Hall–Kier alpha value is -2.55. The maximum absolute atomic E-state index is 11.8. The third-order valence-electron chi connectivity index (χ3n) is 3.09. The van der Waals surface area contributed by atoms with Crippen LogP contribution in [-0.4, -0.2) is 85.4 Å². The van der Waals surface area contributed by atoms with Gasteiger partial charge in [-0.2, -0.15) is 0 Å². The number of nitrogens with zero attached hydrogens (tertiary/aromatic N) is 4. The van der Waals surface area contributed by atoms with Crippen LogP contribution in [0.2, 0.25) is 0 Å². The van der Waals surface area contributed by atoms with Gasteiger partial charge in [-0.25, -0.2) is 10.6 Å². The Morgan fingerprint density at radius 3 is 2.12 bits per heavy atom. The summed E-state index contributed by atoms with van der Waals surface area (Å²) in [6.07, 6.45) is 6.66. The number of likely N-dealkylation sites (N-methyl/N-ethyl adjacent to an activating group) is 3. The van der Waals surface area contributed by atoms with Crippen molar-refractivity contribution in [2.75, 3.05) is 41.8 Å². The molecule has 24 heavy (non-hydrogen) atoms. The number of hydrogen-bond donors (Lipinski definition) is 1. The highest BCUT2D eigenvalue weighted by molar-refractivity contribution is 6.32. The zero-order chi connectivity index (χ0) is 18.9. The molecule has 9 heteroatoms. The van der Waals surface area contributed by atoms with Crippen LogP contribution in [0.1, 0.15) is 6.92 Å². The van der Waals surface area contributed by atoms with Gasteiger partial charge in [0.2, 0.25) is 0 Å². The summed E-state index contributed by atoms with van der Waals surface area (Å²) in [4.78, 5) is 39.0. The Balaban J connectivity index is 4.52. The number of rotatable bonds is 7. The van der Waals surface area contributed by atoms with E-state index in [2.05, 4.69) is 4.74 Å². The van der Waals surface area contributed by atoms with E-state index in [4.69, 9.17) is 5.84 Å². The molecule has 1 unspecified atom stereocenters. The zero-order valence-electron chi connectivity index (χ0n) is 15.1. The fraction of sp³-hybridized carbons (Fsp3) is 0.533. The first kappa shape index (κ1) is 21.4. The molecule has 0 rings (SSSR count). The van der Waals surface area contributed by atoms with Gasteiger partial charge in [0.25, 0.3) is 5.91 Å². The molecule has 0 spiro atoms. The highest BCUT2D eigenvalue weighted by atomic mass is 16.5. The Morgan fingerprint density at radius 1 is 1.04 bits per heavy atom. The molecular weight excluding hydrogens is 314 g/mol. The second-order valence-corrected chi connectivity index (χ2v) is 5.49. The summed E-state index contributed by atoms with van der Waals surface area (Å²) < 4.78 is 4.67. The van der Waals surface area contributed by atoms with Gasteiger partial charge in [-0.15, -0.1) is 0 Å². The fourth-order valence-electron chi connectivity index (χ4n) is 1.27. The van der Waals surface area contributed by atoms with E-state index < -0.39 is 24.4 Å². The summed E-state index contributed by atoms with van der Waals surface area (Å²) in [6, 6.07) is -0.0391. The molecule has 0 bridgehead atoms. The standard InChI is InChI=1S/C15H27N5O4/c1-12(18(4)9-10-20(6)16)7-8-19(5)14(22)15(23)24-11-13(21)17(2)3/h7-10,12H,11,16H2,1-6H3/b8-7+,10-9+. The van der Waals surface area contributed by atoms with Gasteiger partial charge in [0.1, 0.15) is 0 Å². The Bertz CT molecular complexity index is 502. The highest BCUT2D eigenvalue weighted by Crippen LogP contribution is 2.00. The third kappa shape index (κ3) is 8.18. The largest absolute Gasteiger partial charge is 0.448 e. The minimum atomic E-state index is -1.08. The smallest absolute Gasteiger partial charge is 0.397 e. The van der Waals surface area contributed by atoms with Gasteiger partial charge in [0, 0.05) is 59.9 Å². The molecule has 0 fully saturated rings. The van der Waals surface area contributed by atoms with Crippen LogP contribution in [0.15, 0.2) is 24.7 Å². The number of esters is 1. The SMILES string of the molecule is CC(/C=C/N(C)C(=O)C(=O)OCC(=O)N(C)C)N(C)/C=C/N(C)N. The lowest BCUT2D eigenvalue weighted by molar-refractivity contribution is -0.161. The molecule has 0 saturated heterocycles. The van der Waals surface area contributed by atoms with Crippen molar-refractivity contribution in [1.29, 1.82) is 0 Å². The van der Waals surface area contributed by atoms with Gasteiger partial charge in [0.15, 0.2) is 6.61 Å². The zero-order valence-corrected chi connectivity index (χ0v) is 15.1. The van der Waals surface area contributed by atoms with E-state index in [1.54, 1.807) is 25.5 Å². The fourth-order valence-corrected chi connectivity index (χ4v) is 1.27. The lowest BCUT2D eigenvalue weighted by Crippen LogP contribution is -2.34. The third-order valence-corrected chi connectivity index (χ3v) is 3.09. The molecule has 2 N–H and O–H groups in total. The van der Waals surface area contributed by atoms with E-state index in [-0.39, 0.29) is 6.04 Å². The van der Waals surface area contributed by atoms with Crippen molar-refractivity contribution in [2.45, 2.75) is 13.0 Å². The van der Waals surface area contributed by atoms with Crippen LogP contribution in [0.25, 0.3) is 0 Å². The number of carbonyl (C=O) groups is 3. The van der Waals surface area contributed by atoms with E-state index >= 15 is 0 Å². The molecule has 0 radical (unpaired) electrons. The lowest BCUT2D eigenvalue weighted by Gasteiger charge is -2.21. The molecule has 0 aliphatic carbocycles. The highest BCUT2D eigenvalue weighted by Gasteiger charge is 2.20. The van der Waals surface area contributed by atoms with E-state index in [0.29, 0.717) is 0 Å². The van der Waals surface area contributed by atoms with Gasteiger partial charge in [-0.3, -0.25) is 9.59 Å². The van der Waals surface area contributed by atoms with Crippen molar-refractivity contribution in [2.24, 2.45) is 5.84 Å². The monoisotopic (exact) mass is 341 g/mol. The van der Waals surface area contributed by atoms with Crippen LogP contribution in [-0.2, 0) is 19.1 Å². The Labute approximate surface area is 142 Å². The van der Waals surface area contributed by atoms with Crippen LogP contribution in [0.5, 0.6) is 0 Å². The van der Waals surface area contributed by atoms with Crippen molar-refractivity contribution in [3.63, 3.8) is 0 Å². The molecule has 0 aliphatic heterocycles. The average molecular weight is 341 g/mol. The molecule has 0 aromatic heterocycles. The van der Waals surface area contributed by atoms with Gasteiger partial charge in [-0.05, 0) is 13.0 Å². The molecule has 0 heterocycles. The summed E-state index contributed by atoms with van der Waals surface area (Å²) in [5.74, 6) is 3.14.